The number of nitriles is 2. The summed E-state index contributed by atoms with van der Waals surface area (Å²) in [5, 5.41) is 21.8. The van der Waals surface area contributed by atoms with Crippen molar-refractivity contribution >= 4 is 33.2 Å². The first-order valence-corrected chi connectivity index (χ1v) is 15.3. The van der Waals surface area contributed by atoms with Crippen molar-refractivity contribution in [1.82, 2.24) is 0 Å². The Bertz CT molecular complexity index is 1860. The number of hydrogen-bond acceptors (Lipinski definition) is 7. The smallest absolute Gasteiger partial charge is 0.334 e. The number of benzene rings is 3. The molecule has 43 heavy (non-hydrogen) atoms. The zero-order valence-electron chi connectivity index (χ0n) is 24.6. The van der Waals surface area contributed by atoms with E-state index >= 15 is 0 Å². The van der Waals surface area contributed by atoms with Crippen LogP contribution < -0.4 is 4.31 Å². The van der Waals surface area contributed by atoms with Crippen LogP contribution in [0.5, 0.6) is 0 Å². The summed E-state index contributed by atoms with van der Waals surface area (Å²) >= 11 is 0. The van der Waals surface area contributed by atoms with Crippen LogP contribution in [-0.2, 0) is 35.2 Å². The van der Waals surface area contributed by atoms with E-state index in [1.165, 1.54) is 18.2 Å². The summed E-state index contributed by atoms with van der Waals surface area (Å²) in [6, 6.07) is 23.7. The summed E-state index contributed by atoms with van der Waals surface area (Å²) in [5.74, 6) is -1.74. The van der Waals surface area contributed by atoms with Crippen LogP contribution in [0.3, 0.4) is 0 Å². The number of sulfonamides is 1. The number of ether oxygens (including phenoxy) is 1. The van der Waals surface area contributed by atoms with Crippen molar-refractivity contribution < 1.29 is 22.7 Å². The van der Waals surface area contributed by atoms with E-state index in [2.05, 4.69) is 12.1 Å². The molecule has 0 N–H and O–H groups in total. The van der Waals surface area contributed by atoms with E-state index in [4.69, 9.17) is 4.74 Å². The number of para-hydroxylation sites is 1. The lowest BCUT2D eigenvalue weighted by Gasteiger charge is -2.34. The zero-order valence-corrected chi connectivity index (χ0v) is 25.5. The second-order valence-corrected chi connectivity index (χ2v) is 13.6. The van der Waals surface area contributed by atoms with Crippen LogP contribution in [0.2, 0.25) is 0 Å². The van der Waals surface area contributed by atoms with Crippen molar-refractivity contribution in [3.63, 3.8) is 0 Å². The van der Waals surface area contributed by atoms with Crippen molar-refractivity contribution in [2.24, 2.45) is 5.41 Å². The maximum Gasteiger partial charge on any atom is 0.334 e. The van der Waals surface area contributed by atoms with Crippen LogP contribution in [-0.4, -0.2) is 26.9 Å². The van der Waals surface area contributed by atoms with Gasteiger partial charge in [0.25, 0.3) is 15.9 Å². The third-order valence-electron chi connectivity index (χ3n) is 8.35. The quantitative estimate of drug-likeness (QED) is 0.346. The van der Waals surface area contributed by atoms with Gasteiger partial charge in [0.05, 0.1) is 29.3 Å². The van der Waals surface area contributed by atoms with Crippen molar-refractivity contribution in [3.05, 3.63) is 101 Å². The van der Waals surface area contributed by atoms with E-state index in [1.54, 1.807) is 49.4 Å². The van der Waals surface area contributed by atoms with Gasteiger partial charge in [-0.15, -0.1) is 0 Å². The summed E-state index contributed by atoms with van der Waals surface area (Å²) in [7, 11) is -4.47. The molecule has 1 aliphatic heterocycles. The highest BCUT2D eigenvalue weighted by atomic mass is 32.2. The Morgan fingerprint density at radius 1 is 0.977 bits per heavy atom. The van der Waals surface area contributed by atoms with Gasteiger partial charge >= 0.3 is 5.97 Å². The van der Waals surface area contributed by atoms with Gasteiger partial charge in [-0.1, -0.05) is 80.9 Å². The summed E-state index contributed by atoms with van der Waals surface area (Å²) < 4.78 is 34.2. The molecule has 9 heteroatoms. The van der Waals surface area contributed by atoms with Crippen LogP contribution in [0.4, 0.5) is 5.69 Å². The molecule has 1 amide bonds. The second-order valence-electron chi connectivity index (χ2n) is 11.9. The van der Waals surface area contributed by atoms with Gasteiger partial charge in [-0.05, 0) is 54.2 Å². The molecule has 0 saturated heterocycles. The number of esters is 1. The number of carbonyl (C=O) groups is 2. The molecule has 0 bridgehead atoms. The first-order valence-electron chi connectivity index (χ1n) is 13.9. The Labute approximate surface area is 251 Å². The number of allylic oxidation sites excluding steroid dienone is 1. The fourth-order valence-electron chi connectivity index (χ4n) is 6.17. The van der Waals surface area contributed by atoms with E-state index in [0.717, 1.165) is 11.1 Å². The van der Waals surface area contributed by atoms with Gasteiger partial charge in [-0.3, -0.25) is 4.79 Å². The number of hydrogen-bond donors (Lipinski definition) is 0. The number of anilines is 1. The lowest BCUT2D eigenvalue weighted by molar-refractivity contribution is -0.138. The number of aryl methyl sites for hydroxylation is 1. The second kappa shape index (κ2) is 10.2. The normalized spacial score (nSPS) is 19.2. The van der Waals surface area contributed by atoms with Crippen LogP contribution in [0, 0.1) is 35.0 Å². The Morgan fingerprint density at radius 3 is 2.14 bits per heavy atom. The maximum absolute atomic E-state index is 14.8. The molecule has 1 unspecified atom stereocenters. The molecular formula is C34H31N3O5S. The first-order chi connectivity index (χ1) is 20.3. The number of nitrogens with zero attached hydrogens (tertiary/aromatic N) is 3. The van der Waals surface area contributed by atoms with Crippen LogP contribution in [0.25, 0.3) is 5.57 Å². The Hall–Kier alpha value is -4.73. The largest absolute Gasteiger partial charge is 0.463 e. The molecule has 0 saturated carbocycles. The van der Waals surface area contributed by atoms with E-state index < -0.39 is 32.7 Å². The van der Waals surface area contributed by atoms with Gasteiger partial charge in [0.15, 0.2) is 5.41 Å². The Morgan fingerprint density at radius 2 is 1.58 bits per heavy atom. The maximum atomic E-state index is 14.8. The van der Waals surface area contributed by atoms with Gasteiger partial charge in [-0.2, -0.15) is 10.5 Å². The van der Waals surface area contributed by atoms with Crippen molar-refractivity contribution in [3.8, 4) is 12.1 Å². The molecular weight excluding hydrogens is 562 g/mol. The molecule has 0 aromatic heterocycles. The number of carbonyl (C=O) groups excluding carboxylic acids is 2. The van der Waals surface area contributed by atoms with Crippen molar-refractivity contribution in [1.29, 1.82) is 10.5 Å². The SMILES string of the molecule is CCOC(=O)C1=C(c2ccc(C(C)(C)C)cc2)C(C#N)(C#N)C2(C1)C(=O)N(S(=O)(=O)c1ccc(C)cc1)c1ccccc12. The molecule has 3 aromatic carbocycles. The van der Waals surface area contributed by atoms with Gasteiger partial charge in [0, 0.05) is 17.6 Å². The molecule has 1 aliphatic carbocycles. The van der Waals surface area contributed by atoms with E-state index in [1.807, 2.05) is 39.8 Å². The van der Waals surface area contributed by atoms with Crippen LogP contribution in [0.1, 0.15) is 56.4 Å². The predicted octanol–water partition coefficient (Wildman–Crippen LogP) is 5.72. The molecule has 0 fully saturated rings. The highest BCUT2D eigenvalue weighted by molar-refractivity contribution is 7.93. The van der Waals surface area contributed by atoms with Gasteiger partial charge in [0.1, 0.15) is 5.41 Å². The highest BCUT2D eigenvalue weighted by Gasteiger charge is 2.72. The summed E-state index contributed by atoms with van der Waals surface area (Å²) in [6.07, 6.45) is -0.390. The zero-order chi connectivity index (χ0) is 31.4. The highest BCUT2D eigenvalue weighted by Crippen LogP contribution is 2.65. The van der Waals surface area contributed by atoms with E-state index in [9.17, 15) is 28.5 Å². The predicted molar refractivity (Wildman–Crippen MR) is 161 cm³/mol. The monoisotopic (exact) mass is 593 g/mol. The molecule has 8 nitrogen and oxygen atoms in total. The number of fused-ring (bicyclic) bond motifs is 2. The topological polar surface area (TPSA) is 128 Å². The first kappa shape index (κ1) is 29.8. The molecule has 1 heterocycles. The van der Waals surface area contributed by atoms with E-state index in [0.29, 0.717) is 9.87 Å². The molecule has 1 spiro atoms. The van der Waals surface area contributed by atoms with Crippen molar-refractivity contribution in [2.45, 2.75) is 56.8 Å². The lowest BCUT2D eigenvalue weighted by Crippen LogP contribution is -2.51. The third-order valence-corrected chi connectivity index (χ3v) is 10.1. The fourth-order valence-corrected chi connectivity index (χ4v) is 7.65. The average Bonchev–Trinajstić information content (AvgIpc) is 3.43. The van der Waals surface area contributed by atoms with Gasteiger partial charge < -0.3 is 4.74 Å². The minimum Gasteiger partial charge on any atom is -0.463 e. The number of rotatable bonds is 5. The van der Waals surface area contributed by atoms with Gasteiger partial charge in [0.2, 0.25) is 0 Å². The lowest BCUT2D eigenvalue weighted by atomic mass is 9.60. The summed E-state index contributed by atoms with van der Waals surface area (Å²) in [5.41, 5.74) is -2.01. The minimum atomic E-state index is -4.47. The molecule has 218 valence electrons. The number of amides is 1. The average molecular weight is 594 g/mol. The Kier molecular flexibility index (Phi) is 7.07. The van der Waals surface area contributed by atoms with Crippen LogP contribution in [0.15, 0.2) is 83.3 Å². The summed E-state index contributed by atoms with van der Waals surface area (Å²) in [6.45, 7) is 9.60. The molecule has 0 radical (unpaired) electrons. The molecule has 2 aliphatic rings. The van der Waals surface area contributed by atoms with E-state index in [-0.39, 0.29) is 45.7 Å². The molecule has 1 atom stereocenters. The molecule has 3 aromatic rings. The standard InChI is InChI=1S/C34H31N3O5S/c1-6-42-30(38)26-19-34(33(20-35,21-36)29(26)23-13-15-24(16-14-23)32(3,4)5)27-9-7-8-10-28(27)37(31(34)39)43(40,41)25-17-11-22(2)12-18-25/h7-18H,6,19H2,1-5H3. The Balaban J connectivity index is 1.80. The van der Waals surface area contributed by atoms with Crippen molar-refractivity contribution in [2.75, 3.05) is 10.9 Å². The van der Waals surface area contributed by atoms with Crippen LogP contribution >= 0.6 is 0 Å². The van der Waals surface area contributed by atoms with Gasteiger partial charge in [-0.25, -0.2) is 17.5 Å². The fraction of sp³-hybridized carbons (Fsp3) is 0.294. The summed E-state index contributed by atoms with van der Waals surface area (Å²) in [4.78, 5) is 28.2. The minimum absolute atomic E-state index is 0.00815. The third kappa shape index (κ3) is 4.18. The molecule has 5 rings (SSSR count).